The molecular weight excluding hydrogens is 258 g/mol. The van der Waals surface area contributed by atoms with Crippen molar-refractivity contribution in [1.82, 2.24) is 9.88 Å². The maximum Gasteiger partial charge on any atom is 0.321 e. The highest BCUT2D eigenvalue weighted by Gasteiger charge is 2.31. The molecule has 6 nitrogen and oxygen atoms in total. The van der Waals surface area contributed by atoms with Crippen molar-refractivity contribution in [2.45, 2.75) is 20.3 Å². The number of carbonyl (C=O) groups excluding carboxylic acids is 1. The van der Waals surface area contributed by atoms with Gasteiger partial charge in [0.15, 0.2) is 0 Å². The van der Waals surface area contributed by atoms with Crippen molar-refractivity contribution >= 4 is 17.7 Å². The third kappa shape index (κ3) is 3.46. The molecule has 0 bridgehead atoms. The van der Waals surface area contributed by atoms with Crippen LogP contribution in [0.25, 0.3) is 0 Å². The molecule has 0 aliphatic carbocycles. The Hall–Kier alpha value is -2.11. The number of hydrogen-bond acceptors (Lipinski definition) is 3. The van der Waals surface area contributed by atoms with E-state index in [1.54, 1.807) is 23.2 Å². The predicted octanol–water partition coefficient (Wildman–Crippen LogP) is 1.96. The molecule has 2 N–H and O–H groups in total. The molecule has 1 saturated heterocycles. The minimum atomic E-state index is -0.839. The largest absolute Gasteiger partial charge is 0.481 e. The minimum absolute atomic E-state index is 0.190. The Morgan fingerprint density at radius 3 is 2.85 bits per heavy atom. The summed E-state index contributed by atoms with van der Waals surface area (Å²) >= 11 is 0. The topological polar surface area (TPSA) is 82.5 Å². The van der Waals surface area contributed by atoms with Gasteiger partial charge in [0, 0.05) is 30.7 Å². The van der Waals surface area contributed by atoms with Crippen molar-refractivity contribution < 1.29 is 14.7 Å². The summed E-state index contributed by atoms with van der Waals surface area (Å²) in [6.45, 7) is 4.65. The third-order valence-corrected chi connectivity index (χ3v) is 3.44. The minimum Gasteiger partial charge on any atom is -0.481 e. The number of piperidine rings is 1. The van der Waals surface area contributed by atoms with Crippen LogP contribution in [0.3, 0.4) is 0 Å². The van der Waals surface area contributed by atoms with Crippen molar-refractivity contribution in [2.24, 2.45) is 11.8 Å². The summed E-state index contributed by atoms with van der Waals surface area (Å²) < 4.78 is 0. The number of carboxylic acid groups (broad SMARTS) is 1. The molecule has 1 aromatic heterocycles. The zero-order chi connectivity index (χ0) is 14.7. The number of nitrogens with zero attached hydrogens (tertiary/aromatic N) is 2. The quantitative estimate of drug-likeness (QED) is 0.865. The van der Waals surface area contributed by atoms with Gasteiger partial charge in [0.05, 0.1) is 5.92 Å². The lowest BCUT2D eigenvalue weighted by Gasteiger charge is -2.34. The summed E-state index contributed by atoms with van der Waals surface area (Å²) in [5.41, 5.74) is 1.49. The zero-order valence-corrected chi connectivity index (χ0v) is 11.7. The normalized spacial score (nSPS) is 22.4. The molecule has 2 amide bonds. The molecule has 2 rings (SSSR count). The summed E-state index contributed by atoms with van der Waals surface area (Å²) in [5.74, 6) is -1.13. The molecule has 0 aromatic carbocycles. The van der Waals surface area contributed by atoms with Crippen LogP contribution in [-0.4, -0.2) is 40.1 Å². The van der Waals surface area contributed by atoms with E-state index in [1.165, 1.54) is 0 Å². The number of aromatic nitrogens is 1. The van der Waals surface area contributed by atoms with Crippen LogP contribution in [0.2, 0.25) is 0 Å². The zero-order valence-electron chi connectivity index (χ0n) is 11.7. The summed E-state index contributed by atoms with van der Waals surface area (Å²) in [5, 5.41) is 11.9. The van der Waals surface area contributed by atoms with E-state index in [1.807, 2.05) is 13.8 Å². The van der Waals surface area contributed by atoms with Crippen LogP contribution in [-0.2, 0) is 4.79 Å². The smallest absolute Gasteiger partial charge is 0.321 e. The Morgan fingerprint density at radius 2 is 2.20 bits per heavy atom. The number of pyridine rings is 1. The average molecular weight is 277 g/mol. The van der Waals surface area contributed by atoms with E-state index in [-0.39, 0.29) is 18.5 Å². The maximum atomic E-state index is 12.2. The van der Waals surface area contributed by atoms with Gasteiger partial charge < -0.3 is 15.3 Å². The van der Waals surface area contributed by atoms with Gasteiger partial charge in [-0.05, 0) is 31.4 Å². The maximum absolute atomic E-state index is 12.2. The predicted molar refractivity (Wildman–Crippen MR) is 74.5 cm³/mol. The van der Waals surface area contributed by atoms with Crippen LogP contribution in [0.15, 0.2) is 18.3 Å². The molecule has 1 aliphatic heterocycles. The highest BCUT2D eigenvalue weighted by Crippen LogP contribution is 2.22. The van der Waals surface area contributed by atoms with Gasteiger partial charge in [-0.25, -0.2) is 4.79 Å². The molecule has 1 aliphatic rings. The highest BCUT2D eigenvalue weighted by molar-refractivity contribution is 5.89. The fraction of sp³-hybridized carbons (Fsp3) is 0.500. The molecule has 2 unspecified atom stereocenters. The van der Waals surface area contributed by atoms with Gasteiger partial charge in [0.25, 0.3) is 0 Å². The molecule has 1 aromatic rings. The Kier molecular flexibility index (Phi) is 4.22. The molecular formula is C14H19N3O3. The van der Waals surface area contributed by atoms with E-state index in [2.05, 4.69) is 10.3 Å². The standard InChI is InChI=1S/C14H19N3O3/c1-9-5-11(13(18)19)8-17(7-9)14(20)16-12-3-4-15-10(2)6-12/h3-4,6,9,11H,5,7-8H2,1-2H3,(H,18,19)(H,15,16,20). The van der Waals surface area contributed by atoms with Gasteiger partial charge in [-0.1, -0.05) is 6.92 Å². The number of nitrogens with one attached hydrogen (secondary N) is 1. The fourth-order valence-electron chi connectivity index (χ4n) is 2.52. The van der Waals surface area contributed by atoms with Gasteiger partial charge >= 0.3 is 12.0 Å². The van der Waals surface area contributed by atoms with Gasteiger partial charge in [-0.3, -0.25) is 9.78 Å². The molecule has 2 atom stereocenters. The van der Waals surface area contributed by atoms with Crippen LogP contribution in [0.1, 0.15) is 19.0 Å². The number of anilines is 1. The van der Waals surface area contributed by atoms with Crippen LogP contribution >= 0.6 is 0 Å². The molecule has 0 radical (unpaired) electrons. The average Bonchev–Trinajstić information content (AvgIpc) is 2.37. The number of carboxylic acids is 1. The van der Waals surface area contributed by atoms with E-state index in [0.29, 0.717) is 18.7 Å². The summed E-state index contributed by atoms with van der Waals surface area (Å²) in [6, 6.07) is 3.24. The Morgan fingerprint density at radius 1 is 1.45 bits per heavy atom. The molecule has 108 valence electrons. The van der Waals surface area contributed by atoms with E-state index >= 15 is 0 Å². The fourth-order valence-corrected chi connectivity index (χ4v) is 2.52. The SMILES string of the molecule is Cc1cc(NC(=O)N2CC(C)CC(C(=O)O)C2)ccn1. The first-order chi connectivity index (χ1) is 9.45. The Bertz CT molecular complexity index is 518. The number of carbonyl (C=O) groups is 2. The van der Waals surface area contributed by atoms with Crippen LogP contribution in [0, 0.1) is 18.8 Å². The van der Waals surface area contributed by atoms with Crippen LogP contribution in [0.5, 0.6) is 0 Å². The lowest BCUT2D eigenvalue weighted by Crippen LogP contribution is -2.47. The third-order valence-electron chi connectivity index (χ3n) is 3.44. The lowest BCUT2D eigenvalue weighted by atomic mass is 9.91. The van der Waals surface area contributed by atoms with E-state index < -0.39 is 11.9 Å². The van der Waals surface area contributed by atoms with Crippen molar-refractivity contribution in [3.05, 3.63) is 24.0 Å². The van der Waals surface area contributed by atoms with Crippen LogP contribution in [0.4, 0.5) is 10.5 Å². The van der Waals surface area contributed by atoms with Gasteiger partial charge in [0.2, 0.25) is 0 Å². The first-order valence-corrected chi connectivity index (χ1v) is 6.67. The van der Waals surface area contributed by atoms with Crippen molar-refractivity contribution in [3.63, 3.8) is 0 Å². The number of aliphatic carboxylic acids is 1. The second-order valence-corrected chi connectivity index (χ2v) is 5.40. The van der Waals surface area contributed by atoms with Gasteiger partial charge in [-0.15, -0.1) is 0 Å². The summed E-state index contributed by atoms with van der Waals surface area (Å²) in [4.78, 5) is 28.9. The van der Waals surface area contributed by atoms with Crippen molar-refractivity contribution in [2.75, 3.05) is 18.4 Å². The van der Waals surface area contributed by atoms with E-state index in [4.69, 9.17) is 5.11 Å². The summed E-state index contributed by atoms with van der Waals surface area (Å²) in [7, 11) is 0. The number of aryl methyl sites for hydroxylation is 1. The second kappa shape index (κ2) is 5.90. The van der Waals surface area contributed by atoms with E-state index in [9.17, 15) is 9.59 Å². The summed E-state index contributed by atoms with van der Waals surface area (Å²) in [6.07, 6.45) is 2.25. The van der Waals surface area contributed by atoms with Gasteiger partial charge in [-0.2, -0.15) is 0 Å². The number of hydrogen-bond donors (Lipinski definition) is 2. The van der Waals surface area contributed by atoms with Gasteiger partial charge in [0.1, 0.15) is 0 Å². The number of amides is 2. The van der Waals surface area contributed by atoms with Crippen molar-refractivity contribution in [3.8, 4) is 0 Å². The van der Waals surface area contributed by atoms with E-state index in [0.717, 1.165) is 5.69 Å². The lowest BCUT2D eigenvalue weighted by molar-refractivity contribution is -0.143. The molecule has 0 saturated carbocycles. The Labute approximate surface area is 117 Å². The number of urea groups is 1. The first kappa shape index (κ1) is 14.3. The monoisotopic (exact) mass is 277 g/mol. The number of likely N-dealkylation sites (tertiary alicyclic amines) is 1. The Balaban J connectivity index is 2.03. The molecule has 6 heteroatoms. The van der Waals surface area contributed by atoms with Crippen molar-refractivity contribution in [1.29, 1.82) is 0 Å². The number of rotatable bonds is 2. The second-order valence-electron chi connectivity index (χ2n) is 5.40. The first-order valence-electron chi connectivity index (χ1n) is 6.67. The molecule has 1 fully saturated rings. The molecule has 2 heterocycles. The molecule has 0 spiro atoms. The molecule has 20 heavy (non-hydrogen) atoms. The van der Waals surface area contributed by atoms with Crippen LogP contribution < -0.4 is 5.32 Å². The highest BCUT2D eigenvalue weighted by atomic mass is 16.4.